The topological polar surface area (TPSA) is 55.6 Å². The zero-order valence-corrected chi connectivity index (χ0v) is 17.8. The molecule has 0 amide bonds. The number of anilines is 1. The SMILES string of the molecule is CCO[Si](OCC)(OCC)c1ccc(N=Nc2ccc(N(C)C)cc2)cc1. The molecule has 7 heteroatoms. The second kappa shape index (κ2) is 10.3. The van der Waals surface area contributed by atoms with Gasteiger partial charge in [0.1, 0.15) is 0 Å². The molecule has 0 fully saturated rings. The summed E-state index contributed by atoms with van der Waals surface area (Å²) in [6.07, 6.45) is 0. The van der Waals surface area contributed by atoms with Gasteiger partial charge in [-0.2, -0.15) is 10.2 Å². The van der Waals surface area contributed by atoms with Gasteiger partial charge in [-0.25, -0.2) is 0 Å². The Labute approximate surface area is 163 Å². The number of benzene rings is 2. The smallest absolute Gasteiger partial charge is 0.378 e. The summed E-state index contributed by atoms with van der Waals surface area (Å²) in [6.45, 7) is 7.46. The highest BCUT2D eigenvalue weighted by molar-refractivity contribution is 6.75. The molecule has 27 heavy (non-hydrogen) atoms. The largest absolute Gasteiger partial charge is 0.537 e. The number of azo groups is 1. The van der Waals surface area contributed by atoms with E-state index in [0.717, 1.165) is 22.2 Å². The minimum Gasteiger partial charge on any atom is -0.378 e. The van der Waals surface area contributed by atoms with Crippen molar-refractivity contribution in [3.8, 4) is 0 Å². The molecule has 0 saturated carbocycles. The average Bonchev–Trinajstić information content (AvgIpc) is 2.67. The summed E-state index contributed by atoms with van der Waals surface area (Å²) in [5.41, 5.74) is 2.71. The lowest BCUT2D eigenvalue weighted by Crippen LogP contribution is -2.56. The Morgan fingerprint density at radius 3 is 1.48 bits per heavy atom. The molecule has 0 aliphatic carbocycles. The molecule has 0 aliphatic heterocycles. The molecule has 6 nitrogen and oxygen atoms in total. The first-order valence-corrected chi connectivity index (χ1v) is 11.0. The molecule has 0 bridgehead atoms. The van der Waals surface area contributed by atoms with E-state index in [1.54, 1.807) is 0 Å². The first kappa shape index (κ1) is 21.2. The quantitative estimate of drug-likeness (QED) is 0.447. The van der Waals surface area contributed by atoms with Gasteiger partial charge in [-0.05, 0) is 57.2 Å². The molecule has 0 saturated heterocycles. The van der Waals surface area contributed by atoms with E-state index < -0.39 is 8.80 Å². The summed E-state index contributed by atoms with van der Waals surface area (Å²) < 4.78 is 17.8. The van der Waals surface area contributed by atoms with Crippen molar-refractivity contribution in [1.29, 1.82) is 0 Å². The summed E-state index contributed by atoms with van der Waals surface area (Å²) >= 11 is 0. The predicted octanol–water partition coefficient (Wildman–Crippen LogP) is 4.42. The normalized spacial score (nSPS) is 11.9. The molecule has 0 atom stereocenters. The Kier molecular flexibility index (Phi) is 8.12. The molecule has 146 valence electrons. The molecule has 0 spiro atoms. The molecule has 0 unspecified atom stereocenters. The maximum absolute atomic E-state index is 5.93. The summed E-state index contributed by atoms with van der Waals surface area (Å²) in [5, 5.41) is 9.55. The lowest BCUT2D eigenvalue weighted by atomic mass is 10.3. The Balaban J connectivity index is 2.17. The predicted molar refractivity (Wildman–Crippen MR) is 112 cm³/mol. The third-order valence-electron chi connectivity index (χ3n) is 3.87. The maximum Gasteiger partial charge on any atom is 0.537 e. The highest BCUT2D eigenvalue weighted by Gasteiger charge is 2.43. The molecule has 0 radical (unpaired) electrons. The Morgan fingerprint density at radius 2 is 1.11 bits per heavy atom. The molecule has 2 aromatic rings. The number of nitrogens with zero attached hydrogens (tertiary/aromatic N) is 3. The molecule has 0 heterocycles. The van der Waals surface area contributed by atoms with Crippen LogP contribution in [0.5, 0.6) is 0 Å². The van der Waals surface area contributed by atoms with Gasteiger partial charge in [-0.15, -0.1) is 0 Å². The lowest BCUT2D eigenvalue weighted by Gasteiger charge is -2.28. The van der Waals surface area contributed by atoms with Gasteiger partial charge in [0, 0.05) is 44.8 Å². The third kappa shape index (κ3) is 5.70. The van der Waals surface area contributed by atoms with Crippen LogP contribution in [0.15, 0.2) is 58.8 Å². The van der Waals surface area contributed by atoms with E-state index in [1.807, 2.05) is 88.3 Å². The van der Waals surface area contributed by atoms with Crippen LogP contribution in [-0.2, 0) is 13.3 Å². The van der Waals surface area contributed by atoms with Crippen LogP contribution in [0, 0.1) is 0 Å². The zero-order chi connectivity index (χ0) is 19.7. The fourth-order valence-corrected chi connectivity index (χ4v) is 5.08. The molecule has 2 aromatic carbocycles. The van der Waals surface area contributed by atoms with E-state index in [1.165, 1.54) is 0 Å². The molecular formula is C20H29N3O3Si. The van der Waals surface area contributed by atoms with Crippen LogP contribution in [-0.4, -0.2) is 42.7 Å². The Morgan fingerprint density at radius 1 is 0.704 bits per heavy atom. The van der Waals surface area contributed by atoms with Crippen LogP contribution in [0.2, 0.25) is 0 Å². The van der Waals surface area contributed by atoms with Crippen molar-refractivity contribution in [3.05, 3.63) is 48.5 Å². The van der Waals surface area contributed by atoms with Crippen LogP contribution in [0.1, 0.15) is 20.8 Å². The molecule has 0 aliphatic rings. The lowest BCUT2D eigenvalue weighted by molar-refractivity contribution is 0.0859. The van der Waals surface area contributed by atoms with Crippen molar-refractivity contribution >= 4 is 31.1 Å². The third-order valence-corrected chi connectivity index (χ3v) is 6.92. The number of hydrogen-bond donors (Lipinski definition) is 0. The van der Waals surface area contributed by atoms with E-state index in [9.17, 15) is 0 Å². The van der Waals surface area contributed by atoms with Gasteiger partial charge in [0.05, 0.1) is 11.4 Å². The second-order valence-corrected chi connectivity index (χ2v) is 8.57. The van der Waals surface area contributed by atoms with E-state index in [4.69, 9.17) is 13.3 Å². The highest BCUT2D eigenvalue weighted by Crippen LogP contribution is 2.21. The summed E-state index contributed by atoms with van der Waals surface area (Å²) in [7, 11) is 1.14. The summed E-state index contributed by atoms with van der Waals surface area (Å²) in [6, 6.07) is 15.7. The first-order chi connectivity index (χ1) is 13.0. The standard InChI is InChI=1S/C20H29N3O3Si/c1-6-24-27(25-7-2,26-8-3)20-15-11-18(12-16-20)22-21-17-9-13-19(14-10-17)23(4)5/h9-16H,6-8H2,1-5H3. The fraction of sp³-hybridized carbons (Fsp3) is 0.400. The minimum absolute atomic E-state index is 0.538. The Bertz CT molecular complexity index is 701. The van der Waals surface area contributed by atoms with Gasteiger partial charge in [0.25, 0.3) is 0 Å². The van der Waals surface area contributed by atoms with Gasteiger partial charge in [0.2, 0.25) is 0 Å². The van der Waals surface area contributed by atoms with Gasteiger partial charge in [-0.3, -0.25) is 0 Å². The monoisotopic (exact) mass is 387 g/mol. The van der Waals surface area contributed by atoms with Gasteiger partial charge in [0.15, 0.2) is 0 Å². The van der Waals surface area contributed by atoms with Crippen molar-refractivity contribution < 1.29 is 13.3 Å². The highest BCUT2D eigenvalue weighted by atomic mass is 28.4. The molecule has 2 rings (SSSR count). The van der Waals surface area contributed by atoms with Crippen LogP contribution in [0.4, 0.5) is 17.1 Å². The summed E-state index contributed by atoms with van der Waals surface area (Å²) in [5.74, 6) is 0. The van der Waals surface area contributed by atoms with Crippen molar-refractivity contribution in [2.75, 3.05) is 38.8 Å². The average molecular weight is 388 g/mol. The number of hydrogen-bond acceptors (Lipinski definition) is 6. The van der Waals surface area contributed by atoms with Gasteiger partial charge < -0.3 is 18.2 Å². The van der Waals surface area contributed by atoms with Crippen molar-refractivity contribution in [3.63, 3.8) is 0 Å². The minimum atomic E-state index is -2.88. The van der Waals surface area contributed by atoms with Crippen molar-refractivity contribution in [2.24, 2.45) is 10.2 Å². The van der Waals surface area contributed by atoms with Crippen LogP contribution < -0.4 is 10.1 Å². The van der Waals surface area contributed by atoms with E-state index in [-0.39, 0.29) is 0 Å². The number of rotatable bonds is 10. The maximum atomic E-state index is 5.93. The van der Waals surface area contributed by atoms with E-state index in [0.29, 0.717) is 19.8 Å². The van der Waals surface area contributed by atoms with Gasteiger partial charge in [-0.1, -0.05) is 12.1 Å². The van der Waals surface area contributed by atoms with Gasteiger partial charge >= 0.3 is 8.80 Å². The fourth-order valence-electron chi connectivity index (χ4n) is 2.61. The van der Waals surface area contributed by atoms with Crippen molar-refractivity contribution in [1.82, 2.24) is 0 Å². The first-order valence-electron chi connectivity index (χ1n) is 9.26. The van der Waals surface area contributed by atoms with Crippen LogP contribution >= 0.6 is 0 Å². The molecule has 0 N–H and O–H groups in total. The van der Waals surface area contributed by atoms with Crippen LogP contribution in [0.25, 0.3) is 0 Å². The summed E-state index contributed by atoms with van der Waals surface area (Å²) in [4.78, 5) is 2.05. The van der Waals surface area contributed by atoms with Crippen molar-refractivity contribution in [2.45, 2.75) is 20.8 Å². The Hall–Kier alpha value is -2.06. The van der Waals surface area contributed by atoms with E-state index in [2.05, 4.69) is 10.2 Å². The second-order valence-electron chi connectivity index (χ2n) is 6.01. The van der Waals surface area contributed by atoms with E-state index >= 15 is 0 Å². The molecule has 0 aromatic heterocycles. The van der Waals surface area contributed by atoms with Crippen LogP contribution in [0.3, 0.4) is 0 Å². The zero-order valence-electron chi connectivity index (χ0n) is 16.8. The molecular weight excluding hydrogens is 358 g/mol.